The third-order valence-corrected chi connectivity index (χ3v) is 9.49. The van der Waals surface area contributed by atoms with Crippen molar-refractivity contribution in [1.29, 1.82) is 0 Å². The molecule has 3 aromatic carbocycles. The van der Waals surface area contributed by atoms with Crippen molar-refractivity contribution >= 4 is 11.9 Å². The monoisotopic (exact) mass is 626 g/mol. The number of ether oxygens (including phenoxy) is 4. The number of rotatable bonds is 14. The van der Waals surface area contributed by atoms with Crippen LogP contribution < -0.4 is 0 Å². The molecule has 1 atom stereocenters. The molecule has 46 heavy (non-hydrogen) atoms. The van der Waals surface area contributed by atoms with Crippen molar-refractivity contribution in [3.05, 3.63) is 107 Å². The van der Waals surface area contributed by atoms with Gasteiger partial charge in [0.1, 0.15) is 6.61 Å². The van der Waals surface area contributed by atoms with E-state index in [4.69, 9.17) is 18.9 Å². The highest BCUT2D eigenvalue weighted by Gasteiger charge is 2.25. The van der Waals surface area contributed by atoms with Crippen LogP contribution >= 0.6 is 0 Å². The predicted octanol–water partition coefficient (Wildman–Crippen LogP) is 9.35. The molecule has 2 saturated carbocycles. The molecule has 2 fully saturated rings. The Hall–Kier alpha value is -3.48. The Kier molecular flexibility index (Phi) is 12.8. The minimum Gasteiger partial charge on any atom is -0.458 e. The molecule has 6 heteroatoms. The SMILES string of the molecule is CCCOC1CCC(c2ccc(C(=O)OCC(OC(=O)c3ccc(C4CCC(OCCC)CC4)cc3)c3ccccc3)cc2)CC1. The zero-order valence-corrected chi connectivity index (χ0v) is 27.5. The van der Waals surface area contributed by atoms with Gasteiger partial charge in [0.05, 0.1) is 23.3 Å². The van der Waals surface area contributed by atoms with Gasteiger partial charge in [-0.2, -0.15) is 0 Å². The fourth-order valence-corrected chi connectivity index (χ4v) is 6.78. The maximum atomic E-state index is 13.2. The van der Waals surface area contributed by atoms with Crippen LogP contribution in [0.5, 0.6) is 0 Å². The van der Waals surface area contributed by atoms with Gasteiger partial charge in [0.15, 0.2) is 6.10 Å². The lowest BCUT2D eigenvalue weighted by atomic mass is 9.82. The van der Waals surface area contributed by atoms with Crippen LogP contribution in [0.3, 0.4) is 0 Å². The summed E-state index contributed by atoms with van der Waals surface area (Å²) in [6.07, 6.45) is 10.8. The second-order valence-corrected chi connectivity index (χ2v) is 12.8. The summed E-state index contributed by atoms with van der Waals surface area (Å²) in [6.45, 7) is 5.88. The van der Waals surface area contributed by atoms with E-state index in [0.717, 1.165) is 83.0 Å². The minimum atomic E-state index is -0.722. The lowest BCUT2D eigenvalue weighted by molar-refractivity contribution is -0.00134. The third kappa shape index (κ3) is 9.52. The Morgan fingerprint density at radius 1 is 0.609 bits per heavy atom. The summed E-state index contributed by atoms with van der Waals surface area (Å²) in [5.41, 5.74) is 4.25. The van der Waals surface area contributed by atoms with Crippen LogP contribution in [0.4, 0.5) is 0 Å². The third-order valence-electron chi connectivity index (χ3n) is 9.49. The van der Waals surface area contributed by atoms with E-state index < -0.39 is 18.0 Å². The van der Waals surface area contributed by atoms with Crippen molar-refractivity contribution < 1.29 is 28.5 Å². The molecule has 2 aliphatic rings. The molecule has 0 N–H and O–H groups in total. The highest BCUT2D eigenvalue weighted by Crippen LogP contribution is 2.35. The standard InChI is InChI=1S/C40H50O6/c1-3-26-43-36-22-18-31(19-23-36)29-10-14-34(15-11-29)39(41)45-28-38(33-8-6-5-7-9-33)46-40(42)35-16-12-30(13-17-35)32-20-24-37(25-21-32)44-27-4-2/h5-17,31-32,36-38H,3-4,18-28H2,1-2H3. The van der Waals surface area contributed by atoms with Gasteiger partial charge in [0.25, 0.3) is 0 Å². The second kappa shape index (κ2) is 17.4. The number of carbonyl (C=O) groups excluding carboxylic acids is 2. The number of benzene rings is 3. The molecule has 246 valence electrons. The molecule has 1 unspecified atom stereocenters. The summed E-state index contributed by atoms with van der Waals surface area (Å²) in [5.74, 6) is 0.103. The van der Waals surface area contributed by atoms with E-state index >= 15 is 0 Å². The molecule has 0 aliphatic heterocycles. The van der Waals surface area contributed by atoms with E-state index in [0.29, 0.717) is 35.2 Å². The highest BCUT2D eigenvalue weighted by molar-refractivity contribution is 5.90. The van der Waals surface area contributed by atoms with E-state index in [1.54, 1.807) is 0 Å². The molecule has 0 heterocycles. The van der Waals surface area contributed by atoms with E-state index in [2.05, 4.69) is 13.8 Å². The smallest absolute Gasteiger partial charge is 0.338 e. The first-order valence-corrected chi connectivity index (χ1v) is 17.4. The molecule has 0 bridgehead atoms. The van der Waals surface area contributed by atoms with Crippen molar-refractivity contribution in [1.82, 2.24) is 0 Å². The fourth-order valence-electron chi connectivity index (χ4n) is 6.78. The number of hydrogen-bond donors (Lipinski definition) is 0. The Bertz CT molecular complexity index is 1340. The number of carbonyl (C=O) groups is 2. The maximum Gasteiger partial charge on any atom is 0.338 e. The maximum absolute atomic E-state index is 13.2. The van der Waals surface area contributed by atoms with Crippen molar-refractivity contribution in [2.45, 2.75) is 108 Å². The molecule has 0 spiro atoms. The van der Waals surface area contributed by atoms with Gasteiger partial charge in [-0.25, -0.2) is 9.59 Å². The van der Waals surface area contributed by atoms with Crippen LogP contribution in [0, 0.1) is 0 Å². The van der Waals surface area contributed by atoms with E-state index in [-0.39, 0.29) is 6.61 Å². The molecular formula is C40H50O6. The van der Waals surface area contributed by atoms with E-state index in [9.17, 15) is 9.59 Å². The van der Waals surface area contributed by atoms with Gasteiger partial charge in [0.2, 0.25) is 0 Å². The van der Waals surface area contributed by atoms with Crippen LogP contribution in [0.1, 0.15) is 133 Å². The number of esters is 2. The Morgan fingerprint density at radius 3 is 1.52 bits per heavy atom. The van der Waals surface area contributed by atoms with Crippen LogP contribution in [-0.4, -0.2) is 44.0 Å². The summed E-state index contributed by atoms with van der Waals surface area (Å²) in [4.78, 5) is 26.3. The fraction of sp³-hybridized carbons (Fsp3) is 0.500. The van der Waals surface area contributed by atoms with Gasteiger partial charge in [-0.1, -0.05) is 68.4 Å². The van der Waals surface area contributed by atoms with Gasteiger partial charge >= 0.3 is 11.9 Å². The number of hydrogen-bond acceptors (Lipinski definition) is 6. The summed E-state index contributed by atoms with van der Waals surface area (Å²) < 4.78 is 23.5. The quantitative estimate of drug-likeness (QED) is 0.166. The zero-order valence-electron chi connectivity index (χ0n) is 27.5. The van der Waals surface area contributed by atoms with Crippen LogP contribution in [0.25, 0.3) is 0 Å². The summed E-state index contributed by atoms with van der Waals surface area (Å²) in [5, 5.41) is 0. The molecule has 0 saturated heterocycles. The van der Waals surface area contributed by atoms with Gasteiger partial charge < -0.3 is 18.9 Å². The minimum absolute atomic E-state index is 0.0699. The van der Waals surface area contributed by atoms with Gasteiger partial charge in [0, 0.05) is 13.2 Å². The second-order valence-electron chi connectivity index (χ2n) is 12.8. The molecule has 0 amide bonds. The first-order valence-electron chi connectivity index (χ1n) is 17.4. The molecule has 3 aromatic rings. The average molecular weight is 627 g/mol. The summed E-state index contributed by atoms with van der Waals surface area (Å²) in [6, 6.07) is 25.0. The molecule has 2 aliphatic carbocycles. The zero-order chi connectivity index (χ0) is 32.1. The lowest BCUT2D eigenvalue weighted by Crippen LogP contribution is -2.21. The Morgan fingerprint density at radius 2 is 1.07 bits per heavy atom. The molecule has 6 nitrogen and oxygen atoms in total. The van der Waals surface area contributed by atoms with Crippen LogP contribution in [-0.2, 0) is 18.9 Å². The van der Waals surface area contributed by atoms with Crippen LogP contribution in [0.15, 0.2) is 78.9 Å². The summed E-state index contributed by atoms with van der Waals surface area (Å²) >= 11 is 0. The molecule has 5 rings (SSSR count). The van der Waals surface area contributed by atoms with Crippen molar-refractivity contribution in [3.8, 4) is 0 Å². The first-order chi connectivity index (χ1) is 22.5. The first kappa shape index (κ1) is 33.9. The molecule has 0 aromatic heterocycles. The predicted molar refractivity (Wildman–Crippen MR) is 180 cm³/mol. The molecule has 0 radical (unpaired) electrons. The van der Waals surface area contributed by atoms with Crippen molar-refractivity contribution in [2.75, 3.05) is 19.8 Å². The van der Waals surface area contributed by atoms with Crippen LogP contribution in [0.2, 0.25) is 0 Å². The van der Waals surface area contributed by atoms with Crippen molar-refractivity contribution in [3.63, 3.8) is 0 Å². The Balaban J connectivity index is 1.14. The van der Waals surface area contributed by atoms with Gasteiger partial charge in [-0.3, -0.25) is 0 Å². The average Bonchev–Trinajstić information content (AvgIpc) is 3.12. The van der Waals surface area contributed by atoms with Crippen molar-refractivity contribution in [2.24, 2.45) is 0 Å². The lowest BCUT2D eigenvalue weighted by Gasteiger charge is -2.29. The molecular weight excluding hydrogens is 576 g/mol. The normalized spacial score (nSPS) is 22.1. The largest absolute Gasteiger partial charge is 0.458 e. The van der Waals surface area contributed by atoms with E-state index in [1.165, 1.54) is 11.1 Å². The highest BCUT2D eigenvalue weighted by atomic mass is 16.6. The van der Waals surface area contributed by atoms with Gasteiger partial charge in [-0.15, -0.1) is 0 Å². The topological polar surface area (TPSA) is 71.1 Å². The van der Waals surface area contributed by atoms with Gasteiger partial charge in [-0.05, 0) is 117 Å². The summed E-state index contributed by atoms with van der Waals surface area (Å²) in [7, 11) is 0. The van der Waals surface area contributed by atoms with E-state index in [1.807, 2.05) is 78.9 Å². The Labute approximate surface area is 274 Å².